The summed E-state index contributed by atoms with van der Waals surface area (Å²) in [5, 5.41) is 1.26. The van der Waals surface area contributed by atoms with E-state index in [4.69, 9.17) is 6.42 Å². The number of rotatable bonds is 5. The van der Waals surface area contributed by atoms with E-state index in [9.17, 15) is 12.8 Å². The van der Waals surface area contributed by atoms with Crippen molar-refractivity contribution in [2.45, 2.75) is 20.3 Å². The van der Waals surface area contributed by atoms with Crippen molar-refractivity contribution in [3.8, 4) is 12.3 Å². The molecule has 0 saturated carbocycles. The number of terminal acetylenes is 1. The van der Waals surface area contributed by atoms with Crippen LogP contribution in [0.25, 0.3) is 0 Å². The molecule has 0 unspecified atom stereocenters. The van der Waals surface area contributed by atoms with E-state index in [0.717, 1.165) is 5.69 Å². The fraction of sp³-hybridized carbons (Fsp3) is 0.444. The second kappa shape index (κ2) is 7.37. The van der Waals surface area contributed by atoms with Crippen LogP contribution in [0.15, 0.2) is 35.7 Å². The van der Waals surface area contributed by atoms with Gasteiger partial charge in [-0.1, -0.05) is 19.9 Å². The minimum atomic E-state index is -3.45. The lowest BCUT2D eigenvalue weighted by molar-refractivity contribution is 0.389. The maximum absolute atomic E-state index is 13.0. The first-order chi connectivity index (χ1) is 11.2. The van der Waals surface area contributed by atoms with Gasteiger partial charge in [-0.05, 0) is 29.7 Å². The van der Waals surface area contributed by atoms with Crippen molar-refractivity contribution < 1.29 is 12.8 Å². The summed E-state index contributed by atoms with van der Waals surface area (Å²) < 4.78 is 39.3. The van der Waals surface area contributed by atoms with Crippen LogP contribution in [-0.2, 0) is 10.0 Å². The Balaban J connectivity index is 1.99. The average Bonchev–Trinajstić information content (AvgIpc) is 2.54. The summed E-state index contributed by atoms with van der Waals surface area (Å²) in [5.41, 5.74) is 0.553. The maximum atomic E-state index is 13.0. The van der Waals surface area contributed by atoms with Crippen molar-refractivity contribution in [1.82, 2.24) is 4.31 Å². The zero-order valence-corrected chi connectivity index (χ0v) is 14.9. The molecule has 0 aliphatic carbocycles. The molecular formula is C18H23FN2O2S. The zero-order chi connectivity index (χ0) is 17.8. The lowest BCUT2D eigenvalue weighted by Gasteiger charge is -2.35. The predicted molar refractivity (Wildman–Crippen MR) is 95.5 cm³/mol. The molecule has 2 rings (SSSR count). The lowest BCUT2D eigenvalue weighted by Crippen LogP contribution is -2.48. The molecule has 1 heterocycles. The first-order valence-corrected chi connectivity index (χ1v) is 9.37. The molecule has 1 aromatic carbocycles. The van der Waals surface area contributed by atoms with Gasteiger partial charge in [-0.25, -0.2) is 12.8 Å². The van der Waals surface area contributed by atoms with Gasteiger partial charge in [0.2, 0.25) is 10.0 Å². The second-order valence-corrected chi connectivity index (χ2v) is 8.40. The summed E-state index contributed by atoms with van der Waals surface area (Å²) in [6.45, 7) is 5.77. The smallest absolute Gasteiger partial charge is 0.236 e. The van der Waals surface area contributed by atoms with Crippen molar-refractivity contribution >= 4 is 15.7 Å². The Hall–Kier alpha value is -1.84. The van der Waals surface area contributed by atoms with E-state index >= 15 is 0 Å². The molecule has 130 valence electrons. The van der Waals surface area contributed by atoms with Gasteiger partial charge in [-0.3, -0.25) is 0 Å². The number of allylic oxidation sites excluding steroid dienone is 1. The summed E-state index contributed by atoms with van der Waals surface area (Å²) in [5.74, 6) is 2.28. The largest absolute Gasteiger partial charge is 0.369 e. The van der Waals surface area contributed by atoms with Gasteiger partial charge in [0.25, 0.3) is 0 Å². The van der Waals surface area contributed by atoms with Gasteiger partial charge < -0.3 is 4.90 Å². The molecular weight excluding hydrogens is 327 g/mol. The van der Waals surface area contributed by atoms with Crippen LogP contribution in [0.4, 0.5) is 10.1 Å². The van der Waals surface area contributed by atoms with E-state index in [0.29, 0.717) is 32.6 Å². The molecule has 1 saturated heterocycles. The predicted octanol–water partition coefficient (Wildman–Crippen LogP) is 2.84. The highest BCUT2D eigenvalue weighted by atomic mass is 32.2. The number of halogens is 1. The molecule has 0 amide bonds. The first kappa shape index (κ1) is 18.5. The van der Waals surface area contributed by atoms with Gasteiger partial charge in [0.05, 0.1) is 0 Å². The molecule has 0 bridgehead atoms. The third-order valence-corrected chi connectivity index (χ3v) is 5.60. The van der Waals surface area contributed by atoms with Crippen LogP contribution in [0.5, 0.6) is 0 Å². The number of piperazine rings is 1. The van der Waals surface area contributed by atoms with Gasteiger partial charge in [-0.2, -0.15) is 4.31 Å². The molecule has 0 spiro atoms. The summed E-state index contributed by atoms with van der Waals surface area (Å²) in [4.78, 5) is 2.05. The minimum absolute atomic E-state index is 0.278. The van der Waals surface area contributed by atoms with Gasteiger partial charge in [0.15, 0.2) is 0 Å². The Morgan fingerprint density at radius 1 is 1.21 bits per heavy atom. The summed E-state index contributed by atoms with van der Waals surface area (Å²) in [7, 11) is -3.45. The summed E-state index contributed by atoms with van der Waals surface area (Å²) >= 11 is 0. The van der Waals surface area contributed by atoms with Crippen LogP contribution in [0.3, 0.4) is 0 Å². The van der Waals surface area contributed by atoms with Gasteiger partial charge >= 0.3 is 0 Å². The molecule has 1 aliphatic rings. The van der Waals surface area contributed by atoms with Gasteiger partial charge in [0, 0.05) is 43.7 Å². The summed E-state index contributed by atoms with van der Waals surface area (Å²) in [6, 6.07) is 6.24. The Labute approximate surface area is 144 Å². The van der Waals surface area contributed by atoms with Crippen LogP contribution >= 0.6 is 0 Å². The van der Waals surface area contributed by atoms with Crippen molar-refractivity contribution in [2.24, 2.45) is 5.41 Å². The van der Waals surface area contributed by atoms with Crippen LogP contribution < -0.4 is 4.90 Å². The van der Waals surface area contributed by atoms with E-state index in [-0.39, 0.29) is 11.2 Å². The lowest BCUT2D eigenvalue weighted by atomic mass is 9.90. The highest BCUT2D eigenvalue weighted by molar-refractivity contribution is 7.92. The highest BCUT2D eigenvalue weighted by Gasteiger charge is 2.26. The molecule has 0 atom stereocenters. The number of nitrogens with zero attached hydrogens (tertiary/aromatic N) is 2. The van der Waals surface area contributed by atoms with E-state index < -0.39 is 10.0 Å². The molecule has 6 heteroatoms. The molecule has 0 aromatic heterocycles. The number of hydrogen-bond donors (Lipinski definition) is 0. The van der Waals surface area contributed by atoms with Crippen molar-refractivity contribution in [3.05, 3.63) is 41.6 Å². The summed E-state index contributed by atoms with van der Waals surface area (Å²) in [6.07, 6.45) is 7.45. The maximum Gasteiger partial charge on any atom is 0.236 e. The topological polar surface area (TPSA) is 40.6 Å². The Kier molecular flexibility index (Phi) is 5.68. The standard InChI is InChI=1S/C18H23FN2O2S/c1-4-9-18(2,3)10-15-24(22,23)21-13-11-20(12-14-21)17-7-5-16(19)6-8-17/h1,5-8,10,15H,9,11-14H2,2-3H3/b15-10+. The second-order valence-electron chi connectivity index (χ2n) is 6.58. The first-order valence-electron chi connectivity index (χ1n) is 7.87. The molecule has 1 aromatic rings. The number of anilines is 1. The van der Waals surface area contributed by atoms with E-state index in [2.05, 4.69) is 10.8 Å². The fourth-order valence-corrected chi connectivity index (χ4v) is 3.92. The Bertz CT molecular complexity index is 725. The molecule has 0 radical (unpaired) electrons. The van der Waals surface area contributed by atoms with E-state index in [1.165, 1.54) is 21.8 Å². The monoisotopic (exact) mass is 350 g/mol. The fourth-order valence-electron chi connectivity index (χ4n) is 2.53. The zero-order valence-electron chi connectivity index (χ0n) is 14.1. The average molecular weight is 350 g/mol. The highest BCUT2D eigenvalue weighted by Crippen LogP contribution is 2.23. The van der Waals surface area contributed by atoms with Crippen molar-refractivity contribution in [2.75, 3.05) is 31.1 Å². The van der Waals surface area contributed by atoms with Crippen molar-refractivity contribution in [1.29, 1.82) is 0 Å². The third-order valence-electron chi connectivity index (χ3n) is 4.04. The van der Waals surface area contributed by atoms with Crippen LogP contribution in [0.1, 0.15) is 20.3 Å². The van der Waals surface area contributed by atoms with Crippen LogP contribution in [-0.4, -0.2) is 38.9 Å². The number of hydrogen-bond acceptors (Lipinski definition) is 3. The normalized spacial score (nSPS) is 17.2. The quantitative estimate of drug-likeness (QED) is 0.767. The van der Waals surface area contributed by atoms with E-state index in [1.54, 1.807) is 18.2 Å². The Morgan fingerprint density at radius 2 is 1.79 bits per heavy atom. The van der Waals surface area contributed by atoms with Crippen molar-refractivity contribution in [3.63, 3.8) is 0 Å². The molecule has 1 fully saturated rings. The number of sulfonamides is 1. The number of benzene rings is 1. The molecule has 4 nitrogen and oxygen atoms in total. The molecule has 24 heavy (non-hydrogen) atoms. The van der Waals surface area contributed by atoms with Crippen LogP contribution in [0.2, 0.25) is 0 Å². The molecule has 1 aliphatic heterocycles. The Morgan fingerprint density at radius 3 is 2.33 bits per heavy atom. The van der Waals surface area contributed by atoms with Gasteiger partial charge in [-0.15, -0.1) is 12.3 Å². The third kappa shape index (κ3) is 4.83. The minimum Gasteiger partial charge on any atom is -0.369 e. The van der Waals surface area contributed by atoms with Crippen LogP contribution in [0, 0.1) is 23.6 Å². The SMILES string of the molecule is C#CCC(C)(C)/C=C/S(=O)(=O)N1CCN(c2ccc(F)cc2)CC1. The van der Waals surface area contributed by atoms with E-state index in [1.807, 2.05) is 13.8 Å². The van der Waals surface area contributed by atoms with Gasteiger partial charge in [0.1, 0.15) is 5.82 Å². The molecule has 0 N–H and O–H groups in total.